The van der Waals surface area contributed by atoms with Crippen LogP contribution in [-0.4, -0.2) is 7.11 Å². The monoisotopic (exact) mass is 290 g/mol. The Kier molecular flexibility index (Phi) is 4.44. The number of rotatable bonds is 4. The number of hydrogen-bond donors (Lipinski definition) is 1. The summed E-state index contributed by atoms with van der Waals surface area (Å²) < 4.78 is 18.3. The van der Waals surface area contributed by atoms with Crippen LogP contribution in [0.1, 0.15) is 11.1 Å². The summed E-state index contributed by atoms with van der Waals surface area (Å²) in [5.41, 5.74) is 1.73. The van der Waals surface area contributed by atoms with Crippen molar-refractivity contribution in [2.75, 3.05) is 12.4 Å². The van der Waals surface area contributed by atoms with E-state index in [9.17, 15) is 4.39 Å². The highest BCUT2D eigenvalue weighted by Crippen LogP contribution is 2.25. The van der Waals surface area contributed by atoms with E-state index in [2.05, 4.69) is 5.32 Å². The molecular formula is C15H12ClFN2O. The van der Waals surface area contributed by atoms with Crippen LogP contribution in [0.4, 0.5) is 10.1 Å². The van der Waals surface area contributed by atoms with Crippen LogP contribution in [0.5, 0.6) is 5.75 Å². The van der Waals surface area contributed by atoms with Crippen molar-refractivity contribution < 1.29 is 9.13 Å². The molecule has 102 valence electrons. The van der Waals surface area contributed by atoms with Crippen LogP contribution in [0, 0.1) is 17.1 Å². The van der Waals surface area contributed by atoms with E-state index < -0.39 is 5.82 Å². The average Bonchev–Trinajstić information content (AvgIpc) is 2.46. The largest absolute Gasteiger partial charge is 0.496 e. The van der Waals surface area contributed by atoms with E-state index in [1.807, 2.05) is 12.1 Å². The highest BCUT2D eigenvalue weighted by Gasteiger charge is 2.07. The number of ether oxygens (including phenoxy) is 1. The quantitative estimate of drug-likeness (QED) is 0.926. The molecule has 0 heterocycles. The molecular weight excluding hydrogens is 279 g/mol. The number of benzene rings is 2. The maximum absolute atomic E-state index is 13.0. The smallest absolute Gasteiger partial charge is 0.125 e. The van der Waals surface area contributed by atoms with Gasteiger partial charge in [0.05, 0.1) is 18.4 Å². The Hall–Kier alpha value is -2.25. The average molecular weight is 291 g/mol. The summed E-state index contributed by atoms with van der Waals surface area (Å²) in [5.74, 6) is 0.224. The normalized spacial score (nSPS) is 9.90. The molecule has 1 N–H and O–H groups in total. The van der Waals surface area contributed by atoms with Gasteiger partial charge in [-0.05, 0) is 30.3 Å². The molecule has 0 fully saturated rings. The first-order valence-corrected chi connectivity index (χ1v) is 6.28. The van der Waals surface area contributed by atoms with Gasteiger partial charge in [-0.2, -0.15) is 5.26 Å². The summed E-state index contributed by atoms with van der Waals surface area (Å²) in [6.07, 6.45) is 0. The molecule has 0 radical (unpaired) electrons. The first-order chi connectivity index (χ1) is 9.63. The van der Waals surface area contributed by atoms with Crippen molar-refractivity contribution in [3.05, 3.63) is 58.4 Å². The van der Waals surface area contributed by atoms with Crippen molar-refractivity contribution in [2.45, 2.75) is 6.54 Å². The van der Waals surface area contributed by atoms with Crippen molar-refractivity contribution in [3.63, 3.8) is 0 Å². The zero-order valence-corrected chi connectivity index (χ0v) is 11.5. The summed E-state index contributed by atoms with van der Waals surface area (Å²) >= 11 is 5.89. The Balaban J connectivity index is 2.19. The molecule has 2 aromatic carbocycles. The van der Waals surface area contributed by atoms with Crippen LogP contribution in [0.2, 0.25) is 5.02 Å². The Labute approximate surface area is 121 Å². The van der Waals surface area contributed by atoms with Gasteiger partial charge < -0.3 is 10.1 Å². The van der Waals surface area contributed by atoms with Crippen LogP contribution in [0.15, 0.2) is 36.4 Å². The van der Waals surface area contributed by atoms with Gasteiger partial charge in [0.1, 0.15) is 17.6 Å². The minimum atomic E-state index is -0.434. The molecule has 20 heavy (non-hydrogen) atoms. The molecule has 0 aliphatic heterocycles. The molecule has 2 aromatic rings. The second kappa shape index (κ2) is 6.27. The highest BCUT2D eigenvalue weighted by atomic mass is 35.5. The molecule has 0 spiro atoms. The van der Waals surface area contributed by atoms with Gasteiger partial charge >= 0.3 is 0 Å². The molecule has 0 atom stereocenters. The molecule has 2 rings (SSSR count). The lowest BCUT2D eigenvalue weighted by Crippen LogP contribution is -2.03. The third-order valence-electron chi connectivity index (χ3n) is 2.82. The Morgan fingerprint density at radius 1 is 1.30 bits per heavy atom. The van der Waals surface area contributed by atoms with Gasteiger partial charge in [0.15, 0.2) is 0 Å². The molecule has 0 saturated carbocycles. The summed E-state index contributed by atoms with van der Waals surface area (Å²) in [6.45, 7) is 0.445. The number of hydrogen-bond acceptors (Lipinski definition) is 3. The number of halogens is 2. The van der Waals surface area contributed by atoms with Crippen molar-refractivity contribution in [3.8, 4) is 11.8 Å². The van der Waals surface area contributed by atoms with E-state index in [1.54, 1.807) is 19.2 Å². The number of nitrogens with one attached hydrogen (secondary N) is 1. The van der Waals surface area contributed by atoms with Gasteiger partial charge in [-0.1, -0.05) is 17.7 Å². The number of nitrogens with zero attached hydrogens (tertiary/aromatic N) is 1. The van der Waals surface area contributed by atoms with E-state index in [-0.39, 0.29) is 5.56 Å². The molecule has 0 bridgehead atoms. The fourth-order valence-electron chi connectivity index (χ4n) is 1.82. The lowest BCUT2D eigenvalue weighted by Gasteiger charge is -2.12. The SMILES string of the molecule is COc1cc(Cl)ccc1CNc1ccc(F)cc1C#N. The second-order valence-corrected chi connectivity index (χ2v) is 4.55. The standard InChI is InChI=1S/C15H12ClFN2O/c1-20-15-7-12(16)3-2-10(15)9-19-14-5-4-13(17)6-11(14)8-18/h2-7,19H,9H2,1H3. The van der Waals surface area contributed by atoms with Crippen LogP contribution >= 0.6 is 11.6 Å². The van der Waals surface area contributed by atoms with E-state index in [1.165, 1.54) is 18.2 Å². The van der Waals surface area contributed by atoms with E-state index in [0.29, 0.717) is 23.0 Å². The van der Waals surface area contributed by atoms with Gasteiger partial charge in [0, 0.05) is 17.1 Å². The third kappa shape index (κ3) is 3.19. The van der Waals surface area contributed by atoms with Gasteiger partial charge in [-0.25, -0.2) is 4.39 Å². The van der Waals surface area contributed by atoms with Crippen LogP contribution in [0.3, 0.4) is 0 Å². The summed E-state index contributed by atoms with van der Waals surface area (Å²) in [5, 5.41) is 12.7. The van der Waals surface area contributed by atoms with Gasteiger partial charge in [0.25, 0.3) is 0 Å². The summed E-state index contributed by atoms with van der Waals surface area (Å²) in [7, 11) is 1.56. The lowest BCUT2D eigenvalue weighted by atomic mass is 10.1. The van der Waals surface area contributed by atoms with Crippen molar-refractivity contribution in [1.82, 2.24) is 0 Å². The van der Waals surface area contributed by atoms with Gasteiger partial charge in [0.2, 0.25) is 0 Å². The predicted octanol–water partition coefficient (Wildman–Crippen LogP) is 3.97. The van der Waals surface area contributed by atoms with Gasteiger partial charge in [-0.15, -0.1) is 0 Å². The first kappa shape index (κ1) is 14.2. The molecule has 0 unspecified atom stereocenters. The molecule has 5 heteroatoms. The van der Waals surface area contributed by atoms with E-state index in [4.69, 9.17) is 21.6 Å². The maximum Gasteiger partial charge on any atom is 0.125 e. The van der Waals surface area contributed by atoms with Crippen molar-refractivity contribution >= 4 is 17.3 Å². The number of anilines is 1. The third-order valence-corrected chi connectivity index (χ3v) is 3.06. The Morgan fingerprint density at radius 2 is 2.10 bits per heavy atom. The van der Waals surface area contributed by atoms with Crippen LogP contribution in [-0.2, 0) is 6.54 Å². The number of nitriles is 1. The Bertz CT molecular complexity index is 667. The molecule has 0 saturated heterocycles. The first-order valence-electron chi connectivity index (χ1n) is 5.90. The van der Waals surface area contributed by atoms with E-state index in [0.717, 1.165) is 5.56 Å². The summed E-state index contributed by atoms with van der Waals surface area (Å²) in [6, 6.07) is 11.3. The molecule has 0 aliphatic carbocycles. The second-order valence-electron chi connectivity index (χ2n) is 4.11. The molecule has 0 amide bonds. The fourth-order valence-corrected chi connectivity index (χ4v) is 1.98. The maximum atomic E-state index is 13.0. The fraction of sp³-hybridized carbons (Fsp3) is 0.133. The van der Waals surface area contributed by atoms with E-state index >= 15 is 0 Å². The predicted molar refractivity (Wildman–Crippen MR) is 76.4 cm³/mol. The Morgan fingerprint density at radius 3 is 2.80 bits per heavy atom. The highest BCUT2D eigenvalue weighted by molar-refractivity contribution is 6.30. The minimum absolute atomic E-state index is 0.262. The minimum Gasteiger partial charge on any atom is -0.496 e. The van der Waals surface area contributed by atoms with Crippen molar-refractivity contribution in [2.24, 2.45) is 0 Å². The van der Waals surface area contributed by atoms with Crippen molar-refractivity contribution in [1.29, 1.82) is 5.26 Å². The molecule has 3 nitrogen and oxygen atoms in total. The molecule has 0 aliphatic rings. The van der Waals surface area contributed by atoms with Crippen LogP contribution < -0.4 is 10.1 Å². The number of methoxy groups -OCH3 is 1. The van der Waals surface area contributed by atoms with Crippen LogP contribution in [0.25, 0.3) is 0 Å². The summed E-state index contributed by atoms with van der Waals surface area (Å²) in [4.78, 5) is 0. The lowest BCUT2D eigenvalue weighted by molar-refractivity contribution is 0.410. The topological polar surface area (TPSA) is 45.0 Å². The van der Waals surface area contributed by atoms with Gasteiger partial charge in [-0.3, -0.25) is 0 Å². The zero-order valence-electron chi connectivity index (χ0n) is 10.8. The zero-order chi connectivity index (χ0) is 14.5. The molecule has 0 aromatic heterocycles.